The number of anilines is 1. The first-order valence-electron chi connectivity index (χ1n) is 7.46. The molecule has 0 aliphatic heterocycles. The second-order valence-corrected chi connectivity index (χ2v) is 8.02. The summed E-state index contributed by atoms with van der Waals surface area (Å²) in [5.74, 6) is 1.53. The third-order valence-electron chi connectivity index (χ3n) is 4.34. The van der Waals surface area contributed by atoms with Crippen LogP contribution in [0.2, 0.25) is 0 Å². The lowest BCUT2D eigenvalue weighted by molar-refractivity contribution is 0.254. The van der Waals surface area contributed by atoms with Crippen LogP contribution in [0, 0.1) is 11.8 Å². The monoisotopic (exact) mass is 352 g/mol. The van der Waals surface area contributed by atoms with Gasteiger partial charge in [-0.2, -0.15) is 0 Å². The van der Waals surface area contributed by atoms with Gasteiger partial charge in [0.05, 0.1) is 10.2 Å². The molecule has 1 saturated carbocycles. The highest BCUT2D eigenvalue weighted by atomic mass is 79.9. The van der Waals surface area contributed by atoms with Crippen molar-refractivity contribution in [3.05, 3.63) is 22.7 Å². The Bertz CT molecular complexity index is 593. The molecule has 20 heavy (non-hydrogen) atoms. The summed E-state index contributed by atoms with van der Waals surface area (Å²) in [7, 11) is 0. The highest BCUT2D eigenvalue weighted by molar-refractivity contribution is 9.10. The molecule has 1 aliphatic carbocycles. The van der Waals surface area contributed by atoms with Gasteiger partial charge in [-0.25, -0.2) is 4.98 Å². The summed E-state index contributed by atoms with van der Waals surface area (Å²) >= 11 is 5.29. The predicted molar refractivity (Wildman–Crippen MR) is 91.5 cm³/mol. The van der Waals surface area contributed by atoms with Crippen molar-refractivity contribution in [2.75, 3.05) is 5.32 Å². The van der Waals surface area contributed by atoms with E-state index in [-0.39, 0.29) is 0 Å². The van der Waals surface area contributed by atoms with E-state index in [0.29, 0.717) is 6.04 Å². The van der Waals surface area contributed by atoms with E-state index < -0.39 is 0 Å². The third kappa shape index (κ3) is 3.01. The molecule has 1 heterocycles. The number of aromatic nitrogens is 1. The molecule has 0 spiro atoms. The number of benzene rings is 1. The van der Waals surface area contributed by atoms with Crippen molar-refractivity contribution in [2.45, 2.75) is 45.6 Å². The number of halogens is 1. The molecule has 0 radical (unpaired) electrons. The minimum Gasteiger partial charge on any atom is -0.358 e. The number of nitrogens with zero attached hydrogens (tertiary/aromatic N) is 1. The van der Waals surface area contributed by atoms with Crippen LogP contribution in [0.5, 0.6) is 0 Å². The fourth-order valence-corrected chi connectivity index (χ4v) is 4.73. The number of hydrogen-bond acceptors (Lipinski definition) is 3. The van der Waals surface area contributed by atoms with Crippen LogP contribution in [-0.4, -0.2) is 11.0 Å². The van der Waals surface area contributed by atoms with Gasteiger partial charge in [-0.3, -0.25) is 0 Å². The van der Waals surface area contributed by atoms with Crippen LogP contribution in [0.3, 0.4) is 0 Å². The maximum absolute atomic E-state index is 4.73. The highest BCUT2D eigenvalue weighted by Crippen LogP contribution is 2.35. The Morgan fingerprint density at radius 2 is 2.10 bits per heavy atom. The molecule has 2 atom stereocenters. The van der Waals surface area contributed by atoms with Crippen molar-refractivity contribution in [2.24, 2.45) is 11.8 Å². The van der Waals surface area contributed by atoms with Crippen molar-refractivity contribution in [3.8, 4) is 0 Å². The molecule has 2 unspecified atom stereocenters. The van der Waals surface area contributed by atoms with E-state index >= 15 is 0 Å². The van der Waals surface area contributed by atoms with Crippen molar-refractivity contribution < 1.29 is 0 Å². The van der Waals surface area contributed by atoms with Crippen molar-refractivity contribution in [1.82, 2.24) is 4.98 Å². The van der Waals surface area contributed by atoms with Crippen LogP contribution in [0.4, 0.5) is 5.13 Å². The third-order valence-corrected chi connectivity index (χ3v) is 5.78. The summed E-state index contributed by atoms with van der Waals surface area (Å²) in [6.07, 6.45) is 5.36. The van der Waals surface area contributed by atoms with Crippen LogP contribution < -0.4 is 5.32 Å². The molecule has 2 nitrogen and oxygen atoms in total. The molecular formula is C16H21BrN2S. The topological polar surface area (TPSA) is 24.9 Å². The quantitative estimate of drug-likeness (QED) is 0.767. The fraction of sp³-hybridized carbons (Fsp3) is 0.562. The molecule has 1 aliphatic rings. The van der Waals surface area contributed by atoms with Crippen LogP contribution >= 0.6 is 27.3 Å². The van der Waals surface area contributed by atoms with Gasteiger partial charge in [0.15, 0.2) is 5.13 Å². The largest absolute Gasteiger partial charge is 0.358 e. The summed E-state index contributed by atoms with van der Waals surface area (Å²) in [5, 5.41) is 4.79. The van der Waals surface area contributed by atoms with Crippen molar-refractivity contribution in [1.29, 1.82) is 0 Å². The van der Waals surface area contributed by atoms with Gasteiger partial charge < -0.3 is 5.32 Å². The lowest BCUT2D eigenvalue weighted by Gasteiger charge is -2.34. The summed E-state index contributed by atoms with van der Waals surface area (Å²) in [4.78, 5) is 4.73. The Morgan fingerprint density at radius 3 is 2.90 bits per heavy atom. The van der Waals surface area contributed by atoms with Crippen molar-refractivity contribution >= 4 is 42.6 Å². The molecule has 0 bridgehead atoms. The molecule has 4 heteroatoms. The van der Waals surface area contributed by atoms with Crippen LogP contribution in [-0.2, 0) is 0 Å². The Morgan fingerprint density at radius 1 is 1.30 bits per heavy atom. The number of fused-ring (bicyclic) bond motifs is 1. The van der Waals surface area contributed by atoms with Crippen LogP contribution in [0.1, 0.15) is 39.5 Å². The average Bonchev–Trinajstić information content (AvgIpc) is 2.80. The van der Waals surface area contributed by atoms with E-state index in [1.54, 1.807) is 11.3 Å². The zero-order chi connectivity index (χ0) is 14.1. The molecule has 1 fully saturated rings. The second kappa shape index (κ2) is 6.02. The minimum atomic E-state index is 0.591. The van der Waals surface area contributed by atoms with E-state index in [0.717, 1.165) is 27.0 Å². The van der Waals surface area contributed by atoms with Gasteiger partial charge in [-0.05, 0) is 42.9 Å². The summed E-state index contributed by atoms with van der Waals surface area (Å²) in [6, 6.07) is 6.89. The van der Waals surface area contributed by atoms with Gasteiger partial charge in [0.2, 0.25) is 0 Å². The maximum Gasteiger partial charge on any atom is 0.184 e. The zero-order valence-corrected chi connectivity index (χ0v) is 14.4. The van der Waals surface area contributed by atoms with Crippen LogP contribution in [0.15, 0.2) is 22.7 Å². The first-order valence-corrected chi connectivity index (χ1v) is 9.07. The minimum absolute atomic E-state index is 0.591. The number of rotatable bonds is 3. The predicted octanol–water partition coefficient (Wildman–Crippen LogP) is 5.69. The second-order valence-electron chi connectivity index (χ2n) is 6.07. The molecule has 0 amide bonds. The van der Waals surface area contributed by atoms with Crippen molar-refractivity contribution in [3.63, 3.8) is 0 Å². The van der Waals surface area contributed by atoms with Gasteiger partial charge in [0.25, 0.3) is 0 Å². The lowest BCUT2D eigenvalue weighted by Crippen LogP contribution is -2.35. The van der Waals surface area contributed by atoms with E-state index in [9.17, 15) is 0 Å². The Hall–Kier alpha value is -0.610. The summed E-state index contributed by atoms with van der Waals surface area (Å²) in [6.45, 7) is 4.69. The van der Waals surface area contributed by atoms with Gasteiger partial charge in [0, 0.05) is 10.5 Å². The number of hydrogen-bond donors (Lipinski definition) is 1. The Labute approximate surface area is 133 Å². The van der Waals surface area contributed by atoms with E-state index in [4.69, 9.17) is 4.98 Å². The lowest BCUT2D eigenvalue weighted by atomic mass is 9.78. The normalized spacial score (nSPS) is 23.4. The summed E-state index contributed by atoms with van der Waals surface area (Å²) < 4.78 is 2.37. The maximum atomic E-state index is 4.73. The van der Waals surface area contributed by atoms with E-state index in [2.05, 4.69) is 53.3 Å². The first-order chi connectivity index (χ1) is 9.63. The molecule has 1 aromatic heterocycles. The fourth-order valence-electron chi connectivity index (χ4n) is 3.26. The SMILES string of the molecule is CC(C)C1CCCCC1Nc1nc2ccc(Br)cc2s1. The van der Waals surface area contributed by atoms with E-state index in [1.807, 2.05) is 0 Å². The number of thiazole rings is 1. The smallest absolute Gasteiger partial charge is 0.184 e. The van der Waals surface area contributed by atoms with Gasteiger partial charge in [-0.15, -0.1) is 0 Å². The molecule has 108 valence electrons. The zero-order valence-electron chi connectivity index (χ0n) is 12.0. The first kappa shape index (κ1) is 14.3. The molecule has 1 aromatic carbocycles. The molecule has 3 rings (SSSR count). The van der Waals surface area contributed by atoms with Crippen LogP contribution in [0.25, 0.3) is 10.2 Å². The Balaban J connectivity index is 1.80. The van der Waals surface area contributed by atoms with Gasteiger partial charge in [-0.1, -0.05) is 54.0 Å². The molecular weight excluding hydrogens is 332 g/mol. The summed E-state index contributed by atoms with van der Waals surface area (Å²) in [5.41, 5.74) is 1.10. The molecule has 1 N–H and O–H groups in total. The standard InChI is InChI=1S/C16H21BrN2S/c1-10(2)12-5-3-4-6-13(12)18-16-19-14-8-7-11(17)9-15(14)20-16/h7-10,12-13H,3-6H2,1-2H3,(H,18,19). The van der Waals surface area contributed by atoms with Gasteiger partial charge in [0.1, 0.15) is 0 Å². The average molecular weight is 353 g/mol. The molecule has 2 aromatic rings. The molecule has 0 saturated heterocycles. The van der Waals surface area contributed by atoms with E-state index in [1.165, 1.54) is 30.4 Å². The highest BCUT2D eigenvalue weighted by Gasteiger charge is 2.28. The Kier molecular flexibility index (Phi) is 4.32. The number of nitrogens with one attached hydrogen (secondary N) is 1. The van der Waals surface area contributed by atoms with Gasteiger partial charge >= 0.3 is 0 Å².